The fourth-order valence-electron chi connectivity index (χ4n) is 1.35. The number of hydrogen-bond acceptors (Lipinski definition) is 6. The van der Waals surface area contributed by atoms with Gasteiger partial charge in [0.1, 0.15) is 0 Å². The topological polar surface area (TPSA) is 82.6 Å². The highest BCUT2D eigenvalue weighted by molar-refractivity contribution is 7.86. The maximum absolute atomic E-state index is 12.9. The van der Waals surface area contributed by atoms with Crippen molar-refractivity contribution in [3.63, 3.8) is 0 Å². The molecule has 6 nitrogen and oxygen atoms in total. The minimum atomic E-state index is -5.05. The van der Waals surface area contributed by atoms with Crippen molar-refractivity contribution in [3.8, 4) is 0 Å². The highest BCUT2D eigenvalue weighted by Gasteiger charge is 2.46. The summed E-state index contributed by atoms with van der Waals surface area (Å²) in [6, 6.07) is 2.01. The maximum atomic E-state index is 12.9. The van der Waals surface area contributed by atoms with Gasteiger partial charge in [-0.05, 0) is 6.07 Å². The molecule has 0 N–H and O–H groups in total. The van der Waals surface area contributed by atoms with Gasteiger partial charge in [0, 0.05) is 11.8 Å². The minimum absolute atomic E-state index is 0.472. The van der Waals surface area contributed by atoms with Crippen molar-refractivity contribution in [2.24, 2.45) is 0 Å². The molecule has 0 saturated carbocycles. The Morgan fingerprint density at radius 1 is 1.40 bits per heavy atom. The van der Waals surface area contributed by atoms with Gasteiger partial charge >= 0.3 is 12.1 Å². The van der Waals surface area contributed by atoms with Gasteiger partial charge in [0.15, 0.2) is 11.8 Å². The lowest BCUT2D eigenvalue weighted by Crippen LogP contribution is -2.28. The third-order valence-corrected chi connectivity index (χ3v) is 2.61. The van der Waals surface area contributed by atoms with Crippen LogP contribution < -0.4 is 0 Å². The monoisotopic (exact) mass is 313 g/mol. The number of hydrogen-bond donors (Lipinski definition) is 0. The van der Waals surface area contributed by atoms with Crippen molar-refractivity contribution >= 4 is 16.1 Å². The van der Waals surface area contributed by atoms with Crippen molar-refractivity contribution in [2.45, 2.75) is 12.3 Å². The fourth-order valence-corrected chi connectivity index (χ4v) is 1.92. The van der Waals surface area contributed by atoms with Crippen LogP contribution in [0.25, 0.3) is 0 Å². The zero-order chi connectivity index (χ0) is 15.6. The number of ether oxygens (including phenoxy) is 1. The summed E-state index contributed by atoms with van der Waals surface area (Å²) in [5.74, 6) is -1.13. The molecule has 0 amide bonds. The van der Waals surface area contributed by atoms with Crippen LogP contribution in [0.15, 0.2) is 18.3 Å². The van der Waals surface area contributed by atoms with E-state index in [0.29, 0.717) is 6.26 Å². The van der Waals surface area contributed by atoms with E-state index in [1.165, 1.54) is 0 Å². The Kier molecular flexibility index (Phi) is 4.71. The molecule has 0 aliphatic heterocycles. The zero-order valence-corrected chi connectivity index (χ0v) is 11.2. The van der Waals surface area contributed by atoms with Gasteiger partial charge in [-0.15, -0.1) is 0 Å². The Morgan fingerprint density at radius 2 is 2.00 bits per heavy atom. The first-order valence-electron chi connectivity index (χ1n) is 5.04. The summed E-state index contributed by atoms with van der Waals surface area (Å²) >= 11 is 0. The van der Waals surface area contributed by atoms with Crippen LogP contribution in [0.3, 0.4) is 0 Å². The number of rotatable bonds is 4. The van der Waals surface area contributed by atoms with Crippen molar-refractivity contribution in [3.05, 3.63) is 29.6 Å². The summed E-state index contributed by atoms with van der Waals surface area (Å²) < 4.78 is 69.0. The summed E-state index contributed by atoms with van der Waals surface area (Å²) in [5.41, 5.74) is -1.40. The first kappa shape index (κ1) is 16.4. The van der Waals surface area contributed by atoms with E-state index >= 15 is 0 Å². The maximum Gasteiger partial charge on any atom is 0.420 e. The second-order valence-corrected chi connectivity index (χ2v) is 5.26. The molecule has 1 heterocycles. The molecule has 0 bridgehead atoms. The van der Waals surface area contributed by atoms with Gasteiger partial charge in [0.2, 0.25) is 0 Å². The molecule has 0 spiro atoms. The second-order valence-electron chi connectivity index (χ2n) is 3.65. The summed E-state index contributed by atoms with van der Waals surface area (Å²) in [5, 5.41) is 0. The van der Waals surface area contributed by atoms with E-state index in [1.807, 2.05) is 0 Å². The molecule has 0 aromatic carbocycles. The van der Waals surface area contributed by atoms with Gasteiger partial charge in [-0.1, -0.05) is 6.07 Å². The second kappa shape index (κ2) is 5.75. The smallest absolute Gasteiger partial charge is 0.420 e. The van der Waals surface area contributed by atoms with E-state index in [1.54, 1.807) is 0 Å². The van der Waals surface area contributed by atoms with Crippen LogP contribution in [-0.2, 0) is 19.0 Å². The molecular weight excluding hydrogens is 303 g/mol. The molecule has 0 radical (unpaired) electrons. The van der Waals surface area contributed by atoms with Gasteiger partial charge in [0.25, 0.3) is 10.1 Å². The van der Waals surface area contributed by atoms with E-state index in [4.69, 9.17) is 0 Å². The standard InChI is InChI=1S/C10H10F3NO5S/c1-18-9(15)7-6(4-3-5-14-7)8(10(11,12)13)19-20(2,16)17/h3-5,8H,1-2H3. The minimum Gasteiger partial charge on any atom is -0.464 e. The Hall–Kier alpha value is -1.68. The van der Waals surface area contributed by atoms with Crippen LogP contribution in [0.5, 0.6) is 0 Å². The number of pyridine rings is 1. The highest BCUT2D eigenvalue weighted by atomic mass is 32.2. The molecule has 1 atom stereocenters. The molecule has 0 fully saturated rings. The number of methoxy groups -OCH3 is 1. The van der Waals surface area contributed by atoms with E-state index in [9.17, 15) is 26.4 Å². The van der Waals surface area contributed by atoms with Gasteiger partial charge in [-0.2, -0.15) is 21.6 Å². The molecule has 1 unspecified atom stereocenters. The molecule has 1 aromatic heterocycles. The van der Waals surface area contributed by atoms with E-state index in [-0.39, 0.29) is 0 Å². The van der Waals surface area contributed by atoms with Gasteiger partial charge in [0.05, 0.1) is 13.4 Å². The van der Waals surface area contributed by atoms with Crippen molar-refractivity contribution < 1.29 is 35.3 Å². The highest BCUT2D eigenvalue weighted by Crippen LogP contribution is 2.38. The molecule has 0 aliphatic carbocycles. The summed E-state index contributed by atoms with van der Waals surface area (Å²) in [7, 11) is -3.44. The van der Waals surface area contributed by atoms with Crippen molar-refractivity contribution in [1.82, 2.24) is 4.98 Å². The summed E-state index contributed by atoms with van der Waals surface area (Å²) in [6.07, 6.45) is -6.33. The first-order chi connectivity index (χ1) is 9.06. The van der Waals surface area contributed by atoms with Crippen LogP contribution >= 0.6 is 0 Å². The molecule has 0 aliphatic rings. The van der Waals surface area contributed by atoms with Gasteiger partial charge in [-0.25, -0.2) is 9.78 Å². The third-order valence-electron chi connectivity index (χ3n) is 2.07. The number of alkyl halides is 3. The molecule has 20 heavy (non-hydrogen) atoms. The molecule has 1 aromatic rings. The number of esters is 1. The molecule has 0 saturated heterocycles. The zero-order valence-electron chi connectivity index (χ0n) is 10.3. The SMILES string of the molecule is COC(=O)c1ncccc1C(OS(C)(=O)=O)C(F)(F)F. The molecule has 1 rings (SSSR count). The van der Waals surface area contributed by atoms with Crippen LogP contribution in [0.4, 0.5) is 13.2 Å². The fraction of sp³-hybridized carbons (Fsp3) is 0.400. The van der Waals surface area contributed by atoms with Crippen LogP contribution in [0.2, 0.25) is 0 Å². The Bertz CT molecular complexity index is 599. The lowest BCUT2D eigenvalue weighted by Gasteiger charge is -2.20. The predicted molar refractivity (Wildman–Crippen MR) is 60.3 cm³/mol. The molecule has 112 valence electrons. The number of halogens is 3. The quantitative estimate of drug-likeness (QED) is 0.618. The first-order valence-corrected chi connectivity index (χ1v) is 6.86. The largest absolute Gasteiger partial charge is 0.464 e. The number of carbonyl (C=O) groups excluding carboxylic acids is 1. The Labute approximate surface area is 112 Å². The summed E-state index contributed by atoms with van der Waals surface area (Å²) in [6.45, 7) is 0. The van der Waals surface area contributed by atoms with Crippen LogP contribution in [0.1, 0.15) is 22.2 Å². The summed E-state index contributed by atoms with van der Waals surface area (Å²) in [4.78, 5) is 14.8. The van der Waals surface area contributed by atoms with Gasteiger partial charge < -0.3 is 4.74 Å². The van der Waals surface area contributed by atoms with E-state index in [0.717, 1.165) is 25.4 Å². The lowest BCUT2D eigenvalue weighted by molar-refractivity contribution is -0.196. The average Bonchev–Trinajstić information content (AvgIpc) is 2.33. The number of nitrogens with zero attached hydrogens (tertiary/aromatic N) is 1. The average molecular weight is 313 g/mol. The van der Waals surface area contributed by atoms with Crippen LogP contribution in [-0.4, -0.2) is 38.9 Å². The van der Waals surface area contributed by atoms with E-state index in [2.05, 4.69) is 13.9 Å². The van der Waals surface area contributed by atoms with Gasteiger partial charge in [-0.3, -0.25) is 4.18 Å². The van der Waals surface area contributed by atoms with Crippen molar-refractivity contribution in [2.75, 3.05) is 13.4 Å². The van der Waals surface area contributed by atoms with Crippen molar-refractivity contribution in [1.29, 1.82) is 0 Å². The lowest BCUT2D eigenvalue weighted by atomic mass is 10.1. The third kappa shape index (κ3) is 4.17. The van der Waals surface area contributed by atoms with Crippen LogP contribution in [0, 0.1) is 0 Å². The Morgan fingerprint density at radius 3 is 2.45 bits per heavy atom. The Balaban J connectivity index is 3.39. The predicted octanol–water partition coefficient (Wildman–Crippen LogP) is 1.45. The number of carbonyl (C=O) groups is 1. The molecular formula is C10H10F3NO5S. The normalized spacial score (nSPS) is 13.8. The number of aromatic nitrogens is 1. The van der Waals surface area contributed by atoms with E-state index < -0.39 is 39.6 Å². The molecule has 10 heteroatoms.